The lowest BCUT2D eigenvalue weighted by molar-refractivity contribution is -0.119. The third kappa shape index (κ3) is 6.19. The summed E-state index contributed by atoms with van der Waals surface area (Å²) in [4.78, 5) is 12.9. The molecule has 5 N–H and O–H groups in total. The fourth-order valence-electron chi connectivity index (χ4n) is 1.71. The van der Waals surface area contributed by atoms with E-state index in [9.17, 15) is 4.79 Å². The van der Waals surface area contributed by atoms with E-state index in [4.69, 9.17) is 21.3 Å². The van der Waals surface area contributed by atoms with E-state index in [1.807, 2.05) is 29.2 Å². The lowest BCUT2D eigenvalue weighted by Gasteiger charge is -2.21. The van der Waals surface area contributed by atoms with Gasteiger partial charge in [-0.25, -0.2) is 0 Å². The number of anilines is 1. The molecule has 1 aromatic rings. The number of nitrogen functional groups attached to an aromatic ring is 1. The Morgan fingerprint density at radius 3 is 2.68 bits per heavy atom. The molecule has 0 saturated carbocycles. The van der Waals surface area contributed by atoms with Gasteiger partial charge in [-0.1, -0.05) is 18.2 Å². The number of ether oxygens (including phenoxy) is 1. The Balaban J connectivity index is 2.53. The maximum absolute atomic E-state index is 11.0. The van der Waals surface area contributed by atoms with Crippen LogP contribution in [0.4, 0.5) is 5.69 Å². The van der Waals surface area contributed by atoms with E-state index in [0.717, 1.165) is 5.56 Å². The van der Waals surface area contributed by atoms with Crippen molar-refractivity contribution in [1.82, 2.24) is 4.90 Å². The Kier molecular flexibility index (Phi) is 6.88. The van der Waals surface area contributed by atoms with Gasteiger partial charge in [0.15, 0.2) is 0 Å². The molecule has 0 aromatic heterocycles. The predicted octanol–water partition coefficient (Wildman–Crippen LogP) is -0.435. The second kappa shape index (κ2) is 8.47. The van der Waals surface area contributed by atoms with E-state index in [0.29, 0.717) is 25.4 Å². The van der Waals surface area contributed by atoms with Gasteiger partial charge in [0.25, 0.3) is 0 Å². The predicted molar refractivity (Wildman–Crippen MR) is 73.2 cm³/mol. The van der Waals surface area contributed by atoms with Gasteiger partial charge in [-0.05, 0) is 11.6 Å². The number of primary amides is 1. The van der Waals surface area contributed by atoms with Crippen LogP contribution in [-0.2, 0) is 16.1 Å². The summed E-state index contributed by atoms with van der Waals surface area (Å²) in [6.07, 6.45) is 0. The molecule has 0 spiro atoms. The van der Waals surface area contributed by atoms with Crippen molar-refractivity contribution in [2.45, 2.75) is 6.54 Å². The molecule has 0 atom stereocenters. The fourth-order valence-corrected chi connectivity index (χ4v) is 1.71. The van der Waals surface area contributed by atoms with Gasteiger partial charge in [-0.15, -0.1) is 0 Å². The minimum absolute atomic E-state index is 0.0124. The Bertz CT molecular complexity index is 398. The van der Waals surface area contributed by atoms with Crippen molar-refractivity contribution in [3.05, 3.63) is 29.8 Å². The summed E-state index contributed by atoms with van der Waals surface area (Å²) < 4.78 is 5.19. The fraction of sp³-hybridized carbons (Fsp3) is 0.462. The average molecular weight is 267 g/mol. The van der Waals surface area contributed by atoms with Gasteiger partial charge in [0.1, 0.15) is 0 Å². The lowest BCUT2D eigenvalue weighted by atomic mass is 10.1. The molecule has 0 aliphatic rings. The van der Waals surface area contributed by atoms with Crippen LogP contribution in [-0.4, -0.2) is 48.8 Å². The van der Waals surface area contributed by atoms with E-state index < -0.39 is 5.91 Å². The minimum atomic E-state index is -0.392. The van der Waals surface area contributed by atoms with Crippen molar-refractivity contribution in [2.24, 2.45) is 5.73 Å². The summed E-state index contributed by atoms with van der Waals surface area (Å²) in [5, 5.41) is 8.62. The first-order valence-corrected chi connectivity index (χ1v) is 6.16. The molecule has 0 unspecified atom stereocenters. The number of para-hydroxylation sites is 1. The maximum atomic E-state index is 11.0. The SMILES string of the molecule is NC(=O)CN(CCOCCO)Cc1ccccc1N. The summed E-state index contributed by atoms with van der Waals surface area (Å²) in [5.74, 6) is -0.392. The summed E-state index contributed by atoms with van der Waals surface area (Å²) in [6.45, 7) is 1.95. The molecule has 6 nitrogen and oxygen atoms in total. The zero-order chi connectivity index (χ0) is 14.1. The van der Waals surface area contributed by atoms with Gasteiger partial charge >= 0.3 is 0 Å². The number of hydrogen-bond donors (Lipinski definition) is 3. The minimum Gasteiger partial charge on any atom is -0.398 e. The van der Waals surface area contributed by atoms with E-state index in [-0.39, 0.29) is 19.8 Å². The third-order valence-corrected chi connectivity index (χ3v) is 2.62. The molecule has 1 aromatic carbocycles. The Morgan fingerprint density at radius 1 is 1.32 bits per heavy atom. The van der Waals surface area contributed by atoms with Crippen LogP contribution >= 0.6 is 0 Å². The van der Waals surface area contributed by atoms with Crippen molar-refractivity contribution in [3.63, 3.8) is 0 Å². The standard InChI is InChI=1S/C13H21N3O3/c14-12-4-2-1-3-11(12)9-16(10-13(15)18)5-7-19-8-6-17/h1-4,17H,5-10,14H2,(H2,15,18). The number of carbonyl (C=O) groups excluding carboxylic acids is 1. The first-order valence-electron chi connectivity index (χ1n) is 6.16. The first kappa shape index (κ1) is 15.4. The number of amides is 1. The van der Waals surface area contributed by atoms with Crippen LogP contribution in [0.25, 0.3) is 0 Å². The number of rotatable bonds is 9. The molecule has 0 radical (unpaired) electrons. The van der Waals surface area contributed by atoms with Crippen molar-refractivity contribution in [1.29, 1.82) is 0 Å². The molecule has 0 fully saturated rings. The van der Waals surface area contributed by atoms with Crippen molar-refractivity contribution < 1.29 is 14.6 Å². The van der Waals surface area contributed by atoms with Gasteiger partial charge in [0.05, 0.1) is 26.4 Å². The Hall–Kier alpha value is -1.63. The summed E-state index contributed by atoms with van der Waals surface area (Å²) in [5.41, 5.74) is 12.7. The Morgan fingerprint density at radius 2 is 2.05 bits per heavy atom. The van der Waals surface area contributed by atoms with E-state index in [2.05, 4.69) is 0 Å². The van der Waals surface area contributed by atoms with Crippen molar-refractivity contribution in [2.75, 3.05) is 38.6 Å². The molecular weight excluding hydrogens is 246 g/mol. The van der Waals surface area contributed by atoms with E-state index >= 15 is 0 Å². The molecule has 0 bridgehead atoms. The highest BCUT2D eigenvalue weighted by Gasteiger charge is 2.10. The average Bonchev–Trinajstić information content (AvgIpc) is 2.36. The van der Waals surface area contributed by atoms with Crippen molar-refractivity contribution >= 4 is 11.6 Å². The smallest absolute Gasteiger partial charge is 0.231 e. The van der Waals surface area contributed by atoms with Crippen LogP contribution in [0.5, 0.6) is 0 Å². The molecule has 0 saturated heterocycles. The number of carbonyl (C=O) groups is 1. The monoisotopic (exact) mass is 267 g/mol. The quantitative estimate of drug-likeness (QED) is 0.416. The van der Waals surface area contributed by atoms with Crippen LogP contribution in [0.2, 0.25) is 0 Å². The number of aliphatic hydroxyl groups is 1. The summed E-state index contributed by atoms with van der Waals surface area (Å²) >= 11 is 0. The zero-order valence-electron chi connectivity index (χ0n) is 10.9. The normalized spacial score (nSPS) is 10.8. The molecular formula is C13H21N3O3. The molecule has 19 heavy (non-hydrogen) atoms. The van der Waals surface area contributed by atoms with Crippen LogP contribution in [0, 0.1) is 0 Å². The van der Waals surface area contributed by atoms with Gasteiger partial charge in [0.2, 0.25) is 5.91 Å². The van der Waals surface area contributed by atoms with Gasteiger partial charge < -0.3 is 21.3 Å². The molecule has 0 aliphatic carbocycles. The number of hydrogen-bond acceptors (Lipinski definition) is 5. The molecule has 0 heterocycles. The topological polar surface area (TPSA) is 102 Å². The largest absolute Gasteiger partial charge is 0.398 e. The van der Waals surface area contributed by atoms with Gasteiger partial charge in [-0.2, -0.15) is 0 Å². The highest BCUT2D eigenvalue weighted by atomic mass is 16.5. The van der Waals surface area contributed by atoms with Crippen LogP contribution in [0.3, 0.4) is 0 Å². The lowest BCUT2D eigenvalue weighted by Crippen LogP contribution is -2.36. The molecule has 6 heteroatoms. The van der Waals surface area contributed by atoms with Gasteiger partial charge in [-0.3, -0.25) is 9.69 Å². The van der Waals surface area contributed by atoms with Gasteiger partial charge in [0, 0.05) is 18.8 Å². The number of aliphatic hydroxyl groups excluding tert-OH is 1. The molecule has 1 amide bonds. The highest BCUT2D eigenvalue weighted by Crippen LogP contribution is 2.13. The Labute approximate surface area is 112 Å². The number of nitrogens with zero attached hydrogens (tertiary/aromatic N) is 1. The first-order chi connectivity index (χ1) is 9.13. The van der Waals surface area contributed by atoms with E-state index in [1.54, 1.807) is 0 Å². The van der Waals surface area contributed by atoms with Crippen LogP contribution in [0.1, 0.15) is 5.56 Å². The second-order valence-electron chi connectivity index (χ2n) is 4.21. The third-order valence-electron chi connectivity index (χ3n) is 2.62. The van der Waals surface area contributed by atoms with Crippen LogP contribution < -0.4 is 11.5 Å². The van der Waals surface area contributed by atoms with Crippen molar-refractivity contribution in [3.8, 4) is 0 Å². The molecule has 1 rings (SSSR count). The van der Waals surface area contributed by atoms with Crippen LogP contribution in [0.15, 0.2) is 24.3 Å². The number of nitrogens with two attached hydrogens (primary N) is 2. The zero-order valence-corrected chi connectivity index (χ0v) is 10.9. The second-order valence-corrected chi connectivity index (χ2v) is 4.21. The number of benzene rings is 1. The summed E-state index contributed by atoms with van der Waals surface area (Å²) in [6, 6.07) is 7.50. The molecule has 106 valence electrons. The van der Waals surface area contributed by atoms with E-state index in [1.165, 1.54) is 0 Å². The summed E-state index contributed by atoms with van der Waals surface area (Å²) in [7, 11) is 0. The molecule has 0 aliphatic heterocycles. The maximum Gasteiger partial charge on any atom is 0.231 e. The highest BCUT2D eigenvalue weighted by molar-refractivity contribution is 5.75.